The molecule has 0 aliphatic rings. The van der Waals surface area contributed by atoms with Crippen molar-refractivity contribution in [3.8, 4) is 0 Å². The van der Waals surface area contributed by atoms with Gasteiger partial charge in [-0.3, -0.25) is 0 Å². The Kier molecular flexibility index (Phi) is 5.91. The fourth-order valence-electron chi connectivity index (χ4n) is 1.90. The van der Waals surface area contributed by atoms with Crippen LogP contribution in [0.4, 0.5) is 0 Å². The van der Waals surface area contributed by atoms with Gasteiger partial charge in [-0.1, -0.05) is 72.8 Å². The van der Waals surface area contributed by atoms with Gasteiger partial charge in [0.05, 0.1) is 13.2 Å². The third-order valence-corrected chi connectivity index (χ3v) is 2.93. The van der Waals surface area contributed by atoms with Crippen molar-refractivity contribution in [2.24, 2.45) is 0 Å². The van der Waals surface area contributed by atoms with Gasteiger partial charge in [0.2, 0.25) is 0 Å². The minimum absolute atomic E-state index is 0.684. The summed E-state index contributed by atoms with van der Waals surface area (Å²) < 4.78 is 5.59. The number of benzene rings is 2. The molecular weight excluding hydrogens is 232 g/mol. The van der Waals surface area contributed by atoms with Crippen LogP contribution >= 0.6 is 0 Å². The van der Waals surface area contributed by atoms with E-state index in [9.17, 15) is 0 Å². The lowest BCUT2D eigenvalue weighted by atomic mass is 10.1. The van der Waals surface area contributed by atoms with Gasteiger partial charge in [0, 0.05) is 0 Å². The van der Waals surface area contributed by atoms with Crippen LogP contribution in [0.5, 0.6) is 0 Å². The van der Waals surface area contributed by atoms with Crippen molar-refractivity contribution in [2.75, 3.05) is 6.61 Å². The number of ether oxygens (including phenoxy) is 1. The van der Waals surface area contributed by atoms with Gasteiger partial charge in [-0.2, -0.15) is 0 Å². The van der Waals surface area contributed by atoms with E-state index in [0.717, 1.165) is 12.8 Å². The Morgan fingerprint density at radius 3 is 2.05 bits per heavy atom. The van der Waals surface area contributed by atoms with Crippen LogP contribution in [-0.2, 0) is 17.8 Å². The minimum atomic E-state index is 0.684. The molecule has 1 nitrogen and oxygen atoms in total. The Bertz CT molecular complexity index is 474. The summed E-state index contributed by atoms with van der Waals surface area (Å²) in [5, 5.41) is 0. The SMILES string of the molecule is C(=C/COCc1ccccc1)/CCc1ccccc1. The van der Waals surface area contributed by atoms with Gasteiger partial charge in [0.1, 0.15) is 0 Å². The second-order valence-electron chi connectivity index (χ2n) is 4.50. The van der Waals surface area contributed by atoms with Gasteiger partial charge < -0.3 is 4.74 Å². The van der Waals surface area contributed by atoms with Crippen LogP contribution in [0.1, 0.15) is 17.5 Å². The van der Waals surface area contributed by atoms with Crippen LogP contribution in [0.2, 0.25) is 0 Å². The predicted octanol–water partition coefficient (Wildman–Crippen LogP) is 4.39. The molecule has 0 saturated carbocycles. The van der Waals surface area contributed by atoms with Crippen molar-refractivity contribution in [3.05, 3.63) is 83.9 Å². The Hall–Kier alpha value is -1.86. The van der Waals surface area contributed by atoms with E-state index in [1.807, 2.05) is 18.2 Å². The maximum atomic E-state index is 5.59. The second kappa shape index (κ2) is 8.28. The summed E-state index contributed by atoms with van der Waals surface area (Å²) >= 11 is 0. The summed E-state index contributed by atoms with van der Waals surface area (Å²) in [4.78, 5) is 0. The molecule has 2 rings (SSSR count). The van der Waals surface area contributed by atoms with Crippen molar-refractivity contribution in [1.29, 1.82) is 0 Å². The molecule has 19 heavy (non-hydrogen) atoms. The van der Waals surface area contributed by atoms with E-state index >= 15 is 0 Å². The molecular formula is C18H20O. The van der Waals surface area contributed by atoms with Gasteiger partial charge in [0.25, 0.3) is 0 Å². The van der Waals surface area contributed by atoms with Crippen LogP contribution in [0.15, 0.2) is 72.8 Å². The van der Waals surface area contributed by atoms with E-state index in [2.05, 4.69) is 54.6 Å². The molecule has 98 valence electrons. The van der Waals surface area contributed by atoms with Crippen molar-refractivity contribution in [3.63, 3.8) is 0 Å². The molecule has 0 bridgehead atoms. The van der Waals surface area contributed by atoms with E-state index in [1.165, 1.54) is 11.1 Å². The van der Waals surface area contributed by atoms with Crippen LogP contribution in [-0.4, -0.2) is 6.61 Å². The first kappa shape index (κ1) is 13.6. The number of hydrogen-bond donors (Lipinski definition) is 0. The highest BCUT2D eigenvalue weighted by molar-refractivity contribution is 5.15. The Balaban J connectivity index is 1.57. The Labute approximate surface area is 115 Å². The highest BCUT2D eigenvalue weighted by Crippen LogP contribution is 2.03. The zero-order chi connectivity index (χ0) is 13.2. The van der Waals surface area contributed by atoms with Crippen LogP contribution in [0.25, 0.3) is 0 Å². The van der Waals surface area contributed by atoms with E-state index in [-0.39, 0.29) is 0 Å². The molecule has 0 saturated heterocycles. The Morgan fingerprint density at radius 2 is 1.37 bits per heavy atom. The first-order chi connectivity index (χ1) is 9.45. The van der Waals surface area contributed by atoms with Crippen molar-refractivity contribution in [1.82, 2.24) is 0 Å². The first-order valence-electron chi connectivity index (χ1n) is 6.76. The van der Waals surface area contributed by atoms with Crippen molar-refractivity contribution in [2.45, 2.75) is 19.4 Å². The molecule has 0 aliphatic heterocycles. The van der Waals surface area contributed by atoms with Gasteiger partial charge in [0.15, 0.2) is 0 Å². The summed E-state index contributed by atoms with van der Waals surface area (Å²) in [6, 6.07) is 20.8. The molecule has 0 fully saturated rings. The van der Waals surface area contributed by atoms with Gasteiger partial charge >= 0.3 is 0 Å². The molecule has 1 heteroatoms. The highest BCUT2D eigenvalue weighted by Gasteiger charge is 1.90. The average Bonchev–Trinajstić information content (AvgIpc) is 2.48. The molecule has 0 aliphatic carbocycles. The summed E-state index contributed by atoms with van der Waals surface area (Å²) in [5.74, 6) is 0. The topological polar surface area (TPSA) is 9.23 Å². The second-order valence-corrected chi connectivity index (χ2v) is 4.50. The largest absolute Gasteiger partial charge is 0.373 e. The third kappa shape index (κ3) is 5.54. The van der Waals surface area contributed by atoms with Crippen molar-refractivity contribution >= 4 is 0 Å². The molecule has 2 aromatic rings. The van der Waals surface area contributed by atoms with Crippen LogP contribution < -0.4 is 0 Å². The molecule has 0 N–H and O–H groups in total. The lowest BCUT2D eigenvalue weighted by Crippen LogP contribution is -1.92. The molecule has 0 radical (unpaired) electrons. The fourth-order valence-corrected chi connectivity index (χ4v) is 1.90. The number of hydrogen-bond acceptors (Lipinski definition) is 1. The number of rotatable bonds is 7. The standard InChI is InChI=1S/C18H20O/c1-4-10-17(11-5-1)12-8-3-9-15-19-16-18-13-6-2-7-14-18/h1-7,9-11,13-14H,8,12,15-16H2/b9-3-. The third-order valence-electron chi connectivity index (χ3n) is 2.93. The smallest absolute Gasteiger partial charge is 0.0721 e. The average molecular weight is 252 g/mol. The molecule has 0 spiro atoms. The van der Waals surface area contributed by atoms with E-state index in [1.54, 1.807) is 0 Å². The Morgan fingerprint density at radius 1 is 0.737 bits per heavy atom. The monoisotopic (exact) mass is 252 g/mol. The highest BCUT2D eigenvalue weighted by atomic mass is 16.5. The van der Waals surface area contributed by atoms with E-state index in [4.69, 9.17) is 4.74 Å². The van der Waals surface area contributed by atoms with Crippen LogP contribution in [0, 0.1) is 0 Å². The molecule has 2 aromatic carbocycles. The summed E-state index contributed by atoms with van der Waals surface area (Å²) in [6.07, 6.45) is 6.46. The van der Waals surface area contributed by atoms with Gasteiger partial charge in [-0.05, 0) is 24.0 Å². The van der Waals surface area contributed by atoms with Crippen LogP contribution in [0.3, 0.4) is 0 Å². The summed E-state index contributed by atoms with van der Waals surface area (Å²) in [7, 11) is 0. The van der Waals surface area contributed by atoms with E-state index < -0.39 is 0 Å². The normalized spacial score (nSPS) is 10.9. The molecule has 0 aromatic heterocycles. The maximum Gasteiger partial charge on any atom is 0.0721 e. The summed E-state index contributed by atoms with van der Waals surface area (Å²) in [5.41, 5.74) is 2.61. The first-order valence-corrected chi connectivity index (χ1v) is 6.76. The zero-order valence-electron chi connectivity index (χ0n) is 11.2. The fraction of sp³-hybridized carbons (Fsp3) is 0.222. The molecule has 0 heterocycles. The maximum absolute atomic E-state index is 5.59. The lowest BCUT2D eigenvalue weighted by molar-refractivity contribution is 0.148. The number of aryl methyl sites for hydroxylation is 1. The molecule has 0 unspecified atom stereocenters. The zero-order valence-corrected chi connectivity index (χ0v) is 11.2. The summed E-state index contributed by atoms with van der Waals surface area (Å²) in [6.45, 7) is 1.37. The van der Waals surface area contributed by atoms with Crippen molar-refractivity contribution < 1.29 is 4.74 Å². The van der Waals surface area contributed by atoms with Gasteiger partial charge in [-0.15, -0.1) is 0 Å². The number of allylic oxidation sites excluding steroid dienone is 1. The minimum Gasteiger partial charge on any atom is -0.373 e. The van der Waals surface area contributed by atoms with E-state index in [0.29, 0.717) is 13.2 Å². The van der Waals surface area contributed by atoms with Gasteiger partial charge in [-0.25, -0.2) is 0 Å². The quantitative estimate of drug-likeness (QED) is 0.524. The molecule has 0 atom stereocenters. The lowest BCUT2D eigenvalue weighted by Gasteiger charge is -2.01. The predicted molar refractivity (Wildman–Crippen MR) is 80.0 cm³/mol. The molecule has 0 amide bonds.